The highest BCUT2D eigenvalue weighted by Gasteiger charge is 2.22. The average molecular weight is 306 g/mol. The zero-order chi connectivity index (χ0) is 13.3. The molecular formula is C9H24ClN3O4S. The summed E-state index contributed by atoms with van der Waals surface area (Å²) in [5, 5.41) is 0. The monoisotopic (exact) mass is 305 g/mol. The van der Waals surface area contributed by atoms with Gasteiger partial charge in [-0.3, -0.25) is 0 Å². The standard InChI is InChI=1S/C9H23N3O4S.ClH/c1-9(8-10)11-17(13,14)12(4-6-15-2)5-7-16-3;/h9,11H,4-8,10H2,1-3H3;1H/t9-;/m0./s1. The fraction of sp³-hybridized carbons (Fsp3) is 1.00. The number of nitrogens with zero attached hydrogens (tertiary/aromatic N) is 1. The zero-order valence-corrected chi connectivity index (χ0v) is 12.7. The maximum absolute atomic E-state index is 12.0. The van der Waals surface area contributed by atoms with Gasteiger partial charge in [-0.25, -0.2) is 0 Å². The van der Waals surface area contributed by atoms with Crippen LogP contribution in [0.3, 0.4) is 0 Å². The van der Waals surface area contributed by atoms with Gasteiger partial charge in [-0.2, -0.15) is 17.4 Å². The number of ether oxygens (including phenoxy) is 2. The van der Waals surface area contributed by atoms with Crippen LogP contribution in [0.15, 0.2) is 0 Å². The Labute approximate surface area is 116 Å². The summed E-state index contributed by atoms with van der Waals surface area (Å²) in [4.78, 5) is 0. The van der Waals surface area contributed by atoms with E-state index in [1.807, 2.05) is 0 Å². The molecule has 0 radical (unpaired) electrons. The lowest BCUT2D eigenvalue weighted by Crippen LogP contribution is -2.48. The minimum Gasteiger partial charge on any atom is -0.383 e. The van der Waals surface area contributed by atoms with Crippen molar-refractivity contribution in [1.29, 1.82) is 0 Å². The number of nitrogens with two attached hydrogens (primary N) is 1. The fourth-order valence-corrected chi connectivity index (χ4v) is 2.50. The number of hydrogen-bond acceptors (Lipinski definition) is 5. The van der Waals surface area contributed by atoms with E-state index in [1.54, 1.807) is 6.92 Å². The number of hydrogen-bond donors (Lipinski definition) is 2. The molecule has 0 saturated carbocycles. The molecule has 0 bridgehead atoms. The molecule has 0 aromatic heterocycles. The minimum atomic E-state index is -3.53. The second-order valence-corrected chi connectivity index (χ2v) is 5.35. The Morgan fingerprint density at radius 3 is 2.00 bits per heavy atom. The van der Waals surface area contributed by atoms with Crippen molar-refractivity contribution in [1.82, 2.24) is 9.03 Å². The number of nitrogens with one attached hydrogen (secondary N) is 1. The third-order valence-corrected chi connectivity index (χ3v) is 3.88. The van der Waals surface area contributed by atoms with Gasteiger partial charge in [0.25, 0.3) is 10.2 Å². The smallest absolute Gasteiger partial charge is 0.279 e. The molecule has 0 aliphatic heterocycles. The molecule has 0 aliphatic carbocycles. The van der Waals surface area contributed by atoms with Crippen molar-refractivity contribution in [3.05, 3.63) is 0 Å². The van der Waals surface area contributed by atoms with Gasteiger partial charge in [0.1, 0.15) is 0 Å². The van der Waals surface area contributed by atoms with Gasteiger partial charge in [-0.1, -0.05) is 0 Å². The second-order valence-electron chi connectivity index (χ2n) is 3.64. The van der Waals surface area contributed by atoms with Crippen molar-refractivity contribution < 1.29 is 17.9 Å². The summed E-state index contributed by atoms with van der Waals surface area (Å²) in [7, 11) is -0.485. The highest BCUT2D eigenvalue weighted by atomic mass is 35.5. The van der Waals surface area contributed by atoms with Crippen LogP contribution in [-0.2, 0) is 19.7 Å². The van der Waals surface area contributed by atoms with Crippen LogP contribution in [-0.4, -0.2) is 65.8 Å². The van der Waals surface area contributed by atoms with Gasteiger partial charge in [0.05, 0.1) is 13.2 Å². The first kappa shape index (κ1) is 20.4. The predicted molar refractivity (Wildman–Crippen MR) is 73.1 cm³/mol. The first-order valence-electron chi connectivity index (χ1n) is 5.43. The summed E-state index contributed by atoms with van der Waals surface area (Å²) in [6.45, 7) is 3.20. The Kier molecular flexibility index (Phi) is 12.3. The zero-order valence-electron chi connectivity index (χ0n) is 11.1. The molecule has 0 fully saturated rings. The van der Waals surface area contributed by atoms with Crippen LogP contribution >= 0.6 is 12.4 Å². The summed E-state index contributed by atoms with van der Waals surface area (Å²) < 4.78 is 37.4. The third kappa shape index (κ3) is 8.20. The molecule has 112 valence electrons. The lowest BCUT2D eigenvalue weighted by atomic mass is 10.4. The van der Waals surface area contributed by atoms with E-state index in [0.29, 0.717) is 13.2 Å². The predicted octanol–water partition coefficient (Wildman–Crippen LogP) is -0.815. The molecule has 9 heteroatoms. The average Bonchev–Trinajstić information content (AvgIpc) is 2.28. The number of rotatable bonds is 10. The lowest BCUT2D eigenvalue weighted by molar-refractivity contribution is 0.149. The lowest BCUT2D eigenvalue weighted by Gasteiger charge is -2.23. The van der Waals surface area contributed by atoms with Crippen LogP contribution in [0.25, 0.3) is 0 Å². The van der Waals surface area contributed by atoms with Crippen LogP contribution in [0.1, 0.15) is 6.92 Å². The van der Waals surface area contributed by atoms with Crippen molar-refractivity contribution in [2.24, 2.45) is 5.73 Å². The van der Waals surface area contributed by atoms with Crippen LogP contribution in [0.2, 0.25) is 0 Å². The van der Waals surface area contributed by atoms with Crippen molar-refractivity contribution in [3.8, 4) is 0 Å². The second kappa shape index (κ2) is 10.9. The maximum Gasteiger partial charge on any atom is 0.279 e. The Morgan fingerprint density at radius 1 is 1.22 bits per heavy atom. The van der Waals surface area contributed by atoms with E-state index in [-0.39, 0.29) is 38.1 Å². The molecule has 3 N–H and O–H groups in total. The molecule has 0 unspecified atom stereocenters. The topological polar surface area (TPSA) is 93.9 Å². The van der Waals surface area contributed by atoms with E-state index in [1.165, 1.54) is 18.5 Å². The maximum atomic E-state index is 12.0. The van der Waals surface area contributed by atoms with Gasteiger partial charge in [0.2, 0.25) is 0 Å². The van der Waals surface area contributed by atoms with Crippen LogP contribution in [0, 0.1) is 0 Å². The molecule has 0 aromatic carbocycles. The summed E-state index contributed by atoms with van der Waals surface area (Å²) >= 11 is 0. The van der Waals surface area contributed by atoms with E-state index in [2.05, 4.69) is 4.72 Å². The molecule has 1 atom stereocenters. The van der Waals surface area contributed by atoms with E-state index < -0.39 is 10.2 Å². The summed E-state index contributed by atoms with van der Waals surface area (Å²) in [6.07, 6.45) is 0. The van der Waals surface area contributed by atoms with Gasteiger partial charge in [0, 0.05) is 39.9 Å². The normalized spacial score (nSPS) is 13.4. The largest absolute Gasteiger partial charge is 0.383 e. The summed E-state index contributed by atoms with van der Waals surface area (Å²) in [5.41, 5.74) is 5.38. The molecule has 0 saturated heterocycles. The molecule has 0 aliphatic rings. The first-order valence-corrected chi connectivity index (χ1v) is 6.87. The Bertz CT molecular complexity index is 282. The van der Waals surface area contributed by atoms with Gasteiger partial charge in [0.15, 0.2) is 0 Å². The SMILES string of the molecule is COCCN(CCOC)S(=O)(=O)N[C@@H](C)CN.Cl. The van der Waals surface area contributed by atoms with Gasteiger partial charge in [-0.15, -0.1) is 12.4 Å². The van der Waals surface area contributed by atoms with Crippen molar-refractivity contribution in [2.45, 2.75) is 13.0 Å². The Morgan fingerprint density at radius 2 is 1.67 bits per heavy atom. The van der Waals surface area contributed by atoms with Crippen molar-refractivity contribution in [3.63, 3.8) is 0 Å². The van der Waals surface area contributed by atoms with Gasteiger partial charge in [-0.05, 0) is 6.92 Å². The Hall–Kier alpha value is 0.0400. The van der Waals surface area contributed by atoms with Crippen molar-refractivity contribution in [2.75, 3.05) is 47.1 Å². The molecule has 18 heavy (non-hydrogen) atoms. The van der Waals surface area contributed by atoms with Crippen molar-refractivity contribution >= 4 is 22.6 Å². The van der Waals surface area contributed by atoms with E-state index in [9.17, 15) is 8.42 Å². The third-order valence-electron chi connectivity index (χ3n) is 2.13. The number of halogens is 1. The van der Waals surface area contributed by atoms with Gasteiger partial charge < -0.3 is 15.2 Å². The van der Waals surface area contributed by atoms with E-state index in [4.69, 9.17) is 15.2 Å². The molecule has 0 aromatic rings. The molecule has 0 heterocycles. The summed E-state index contributed by atoms with van der Waals surface area (Å²) in [6, 6.07) is -0.299. The quantitative estimate of drug-likeness (QED) is 0.550. The Balaban J connectivity index is 0. The fourth-order valence-electron chi connectivity index (χ4n) is 1.12. The number of methoxy groups -OCH3 is 2. The van der Waals surface area contributed by atoms with Crippen LogP contribution in [0.5, 0.6) is 0 Å². The minimum absolute atomic E-state index is 0. The van der Waals surface area contributed by atoms with E-state index >= 15 is 0 Å². The van der Waals surface area contributed by atoms with E-state index in [0.717, 1.165) is 0 Å². The molecular weight excluding hydrogens is 282 g/mol. The van der Waals surface area contributed by atoms with Crippen LogP contribution in [0.4, 0.5) is 0 Å². The highest BCUT2D eigenvalue weighted by molar-refractivity contribution is 7.87. The first-order chi connectivity index (χ1) is 7.97. The molecule has 0 spiro atoms. The molecule has 0 amide bonds. The molecule has 7 nitrogen and oxygen atoms in total. The van der Waals surface area contributed by atoms with Crippen LogP contribution < -0.4 is 10.5 Å². The summed E-state index contributed by atoms with van der Waals surface area (Å²) in [5.74, 6) is 0. The highest BCUT2D eigenvalue weighted by Crippen LogP contribution is 1.99. The van der Waals surface area contributed by atoms with Gasteiger partial charge >= 0.3 is 0 Å². The molecule has 0 rings (SSSR count).